The molecular formula is C17H16ClNOS. The predicted octanol–water partition coefficient (Wildman–Crippen LogP) is 5.15. The van der Waals surface area contributed by atoms with Gasteiger partial charge in [0.1, 0.15) is 0 Å². The van der Waals surface area contributed by atoms with Crippen LogP contribution in [0.15, 0.2) is 59.6 Å². The summed E-state index contributed by atoms with van der Waals surface area (Å²) in [5.74, 6) is -0.0457. The first kappa shape index (κ1) is 15.7. The van der Waals surface area contributed by atoms with Gasteiger partial charge in [-0.25, -0.2) is 0 Å². The van der Waals surface area contributed by atoms with Gasteiger partial charge in [0.2, 0.25) is 0 Å². The smallest absolute Gasteiger partial charge is 0.188 e. The van der Waals surface area contributed by atoms with Crippen LogP contribution in [0, 0.1) is 6.92 Å². The highest BCUT2D eigenvalue weighted by Gasteiger charge is 2.05. The summed E-state index contributed by atoms with van der Waals surface area (Å²) in [6.07, 6.45) is 3.54. The number of halogens is 1. The second-order valence-corrected chi connectivity index (χ2v) is 5.86. The quantitative estimate of drug-likeness (QED) is 0.611. The van der Waals surface area contributed by atoms with E-state index in [0.717, 1.165) is 10.7 Å². The summed E-state index contributed by atoms with van der Waals surface area (Å²) >= 11 is 7.32. The number of nitrogens with one attached hydrogen (secondary N) is 1. The van der Waals surface area contributed by atoms with Gasteiger partial charge in [-0.05, 0) is 49.6 Å². The number of aryl methyl sites for hydroxylation is 1. The largest absolute Gasteiger partial charge is 0.350 e. The highest BCUT2D eigenvalue weighted by molar-refractivity contribution is 8.02. The minimum absolute atomic E-state index is 0.0457. The summed E-state index contributed by atoms with van der Waals surface area (Å²) in [6.45, 7) is 2.04. The maximum absolute atomic E-state index is 12.2. The van der Waals surface area contributed by atoms with Crippen molar-refractivity contribution >= 4 is 34.8 Å². The SMILES string of the molecule is CS/C(=C\C(=O)c1ccc(Cl)cc1)Nc1ccc(C)cc1. The summed E-state index contributed by atoms with van der Waals surface area (Å²) in [5, 5.41) is 4.67. The highest BCUT2D eigenvalue weighted by Crippen LogP contribution is 2.19. The van der Waals surface area contributed by atoms with Gasteiger partial charge >= 0.3 is 0 Å². The van der Waals surface area contributed by atoms with Crippen molar-refractivity contribution in [3.8, 4) is 0 Å². The zero-order valence-electron chi connectivity index (χ0n) is 11.9. The molecule has 0 saturated heterocycles. The standard InChI is InChI=1S/C17H16ClNOS/c1-12-3-9-15(10-4-12)19-17(21-2)11-16(20)13-5-7-14(18)8-6-13/h3-11,19H,1-2H3/b17-11-. The van der Waals surface area contributed by atoms with Gasteiger partial charge in [0.05, 0.1) is 5.03 Å². The Balaban J connectivity index is 2.14. The van der Waals surface area contributed by atoms with Crippen LogP contribution in [0.3, 0.4) is 0 Å². The van der Waals surface area contributed by atoms with Gasteiger partial charge in [-0.1, -0.05) is 29.3 Å². The molecule has 1 N–H and O–H groups in total. The van der Waals surface area contributed by atoms with E-state index in [0.29, 0.717) is 10.6 Å². The van der Waals surface area contributed by atoms with E-state index in [1.165, 1.54) is 17.3 Å². The van der Waals surface area contributed by atoms with Crippen LogP contribution in [0.2, 0.25) is 5.02 Å². The van der Waals surface area contributed by atoms with Crippen molar-refractivity contribution in [3.63, 3.8) is 0 Å². The normalized spacial score (nSPS) is 11.3. The maximum Gasteiger partial charge on any atom is 0.188 e. The van der Waals surface area contributed by atoms with Gasteiger partial charge in [-0.2, -0.15) is 0 Å². The number of hydrogen-bond donors (Lipinski definition) is 1. The minimum atomic E-state index is -0.0457. The molecule has 2 aromatic rings. The molecule has 0 aromatic heterocycles. The monoisotopic (exact) mass is 317 g/mol. The molecule has 0 heterocycles. The number of carbonyl (C=O) groups is 1. The lowest BCUT2D eigenvalue weighted by Crippen LogP contribution is -2.01. The molecule has 0 aliphatic carbocycles. The topological polar surface area (TPSA) is 29.1 Å². The minimum Gasteiger partial charge on any atom is -0.350 e. The second kappa shape index (κ2) is 7.34. The van der Waals surface area contributed by atoms with E-state index in [-0.39, 0.29) is 5.78 Å². The molecule has 0 amide bonds. The van der Waals surface area contributed by atoms with Crippen LogP contribution in [0.25, 0.3) is 0 Å². The lowest BCUT2D eigenvalue weighted by atomic mass is 10.1. The first-order valence-corrected chi connectivity index (χ1v) is 8.08. The van der Waals surface area contributed by atoms with E-state index in [1.54, 1.807) is 30.3 Å². The van der Waals surface area contributed by atoms with Gasteiger partial charge in [0.25, 0.3) is 0 Å². The molecule has 0 bridgehead atoms. The Morgan fingerprint density at radius 3 is 2.29 bits per heavy atom. The van der Waals surface area contributed by atoms with E-state index >= 15 is 0 Å². The van der Waals surface area contributed by atoms with Gasteiger partial charge in [0.15, 0.2) is 5.78 Å². The van der Waals surface area contributed by atoms with Crippen molar-refractivity contribution in [2.45, 2.75) is 6.92 Å². The van der Waals surface area contributed by atoms with Crippen LogP contribution in [0.4, 0.5) is 5.69 Å². The summed E-state index contributed by atoms with van der Waals surface area (Å²) in [5.41, 5.74) is 2.79. The zero-order valence-corrected chi connectivity index (χ0v) is 13.5. The Kier molecular flexibility index (Phi) is 5.48. The molecule has 21 heavy (non-hydrogen) atoms. The van der Waals surface area contributed by atoms with E-state index in [1.807, 2.05) is 37.4 Å². The molecule has 0 fully saturated rings. The van der Waals surface area contributed by atoms with Crippen LogP contribution in [0.1, 0.15) is 15.9 Å². The number of carbonyl (C=O) groups excluding carboxylic acids is 1. The third-order valence-electron chi connectivity index (χ3n) is 2.93. The van der Waals surface area contributed by atoms with Crippen molar-refractivity contribution in [2.24, 2.45) is 0 Å². The zero-order chi connectivity index (χ0) is 15.2. The Labute approximate surface area is 134 Å². The number of rotatable bonds is 5. The van der Waals surface area contributed by atoms with Crippen LogP contribution in [-0.2, 0) is 0 Å². The predicted molar refractivity (Wildman–Crippen MR) is 92.2 cm³/mol. The third-order valence-corrected chi connectivity index (χ3v) is 3.84. The lowest BCUT2D eigenvalue weighted by molar-refractivity contribution is 0.104. The van der Waals surface area contributed by atoms with E-state index in [4.69, 9.17) is 11.6 Å². The molecule has 108 valence electrons. The van der Waals surface area contributed by atoms with Crippen molar-refractivity contribution in [1.29, 1.82) is 0 Å². The molecule has 0 aliphatic rings. The fourth-order valence-electron chi connectivity index (χ4n) is 1.74. The molecule has 4 heteroatoms. The van der Waals surface area contributed by atoms with E-state index in [2.05, 4.69) is 5.32 Å². The number of anilines is 1. The van der Waals surface area contributed by atoms with Gasteiger partial charge in [0, 0.05) is 22.3 Å². The van der Waals surface area contributed by atoms with Crippen molar-refractivity contribution in [1.82, 2.24) is 0 Å². The van der Waals surface area contributed by atoms with Crippen molar-refractivity contribution in [2.75, 3.05) is 11.6 Å². The number of thioether (sulfide) groups is 1. The highest BCUT2D eigenvalue weighted by atomic mass is 35.5. The molecular weight excluding hydrogens is 302 g/mol. The summed E-state index contributed by atoms with van der Waals surface area (Å²) in [7, 11) is 0. The second-order valence-electron chi connectivity index (χ2n) is 4.57. The first-order chi connectivity index (χ1) is 10.1. The molecule has 2 nitrogen and oxygen atoms in total. The first-order valence-electron chi connectivity index (χ1n) is 6.48. The Morgan fingerprint density at radius 2 is 1.71 bits per heavy atom. The Hall–Kier alpha value is -1.71. The van der Waals surface area contributed by atoms with Crippen LogP contribution >= 0.6 is 23.4 Å². The number of ketones is 1. The van der Waals surface area contributed by atoms with Gasteiger partial charge < -0.3 is 5.32 Å². The molecule has 0 spiro atoms. The number of allylic oxidation sites excluding steroid dienone is 1. The lowest BCUT2D eigenvalue weighted by Gasteiger charge is -2.08. The molecule has 0 aliphatic heterocycles. The average Bonchev–Trinajstić information content (AvgIpc) is 2.49. The van der Waals surface area contributed by atoms with Crippen molar-refractivity contribution in [3.05, 3.63) is 75.8 Å². The Bertz CT molecular complexity index is 647. The molecule has 0 unspecified atom stereocenters. The molecule has 0 atom stereocenters. The number of benzene rings is 2. The maximum atomic E-state index is 12.2. The average molecular weight is 318 g/mol. The summed E-state index contributed by atoms with van der Waals surface area (Å²) in [4.78, 5) is 12.2. The van der Waals surface area contributed by atoms with E-state index < -0.39 is 0 Å². The third kappa shape index (κ3) is 4.66. The van der Waals surface area contributed by atoms with Crippen LogP contribution < -0.4 is 5.32 Å². The molecule has 0 saturated carbocycles. The fraction of sp³-hybridized carbons (Fsp3) is 0.118. The Morgan fingerprint density at radius 1 is 1.10 bits per heavy atom. The van der Waals surface area contributed by atoms with E-state index in [9.17, 15) is 4.79 Å². The van der Waals surface area contributed by atoms with Crippen LogP contribution in [0.5, 0.6) is 0 Å². The molecule has 0 radical (unpaired) electrons. The number of hydrogen-bond acceptors (Lipinski definition) is 3. The van der Waals surface area contributed by atoms with Crippen molar-refractivity contribution < 1.29 is 4.79 Å². The van der Waals surface area contributed by atoms with Gasteiger partial charge in [-0.15, -0.1) is 11.8 Å². The molecule has 2 aromatic carbocycles. The molecule has 2 rings (SSSR count). The summed E-state index contributed by atoms with van der Waals surface area (Å²) < 4.78 is 0. The van der Waals surface area contributed by atoms with Gasteiger partial charge in [-0.3, -0.25) is 4.79 Å². The summed E-state index contributed by atoms with van der Waals surface area (Å²) in [6, 6.07) is 14.9. The fourth-order valence-corrected chi connectivity index (χ4v) is 2.31. The van der Waals surface area contributed by atoms with Crippen LogP contribution in [-0.4, -0.2) is 12.0 Å².